The van der Waals surface area contributed by atoms with Crippen molar-refractivity contribution in [2.45, 2.75) is 13.2 Å². The number of benzene rings is 1. The number of nitrogens with two attached hydrogens (primary N) is 1. The molecule has 1 saturated heterocycles. The number of hydrogen-bond acceptors (Lipinski definition) is 10. The maximum absolute atomic E-state index is 14.9. The highest BCUT2D eigenvalue weighted by Gasteiger charge is 2.21. The van der Waals surface area contributed by atoms with Crippen LogP contribution in [0, 0.1) is 5.82 Å². The smallest absolute Gasteiger partial charge is 0.223 e. The van der Waals surface area contributed by atoms with Crippen LogP contribution in [-0.2, 0) is 13.2 Å². The van der Waals surface area contributed by atoms with E-state index in [4.69, 9.17) is 14.9 Å². The Morgan fingerprint density at radius 2 is 2.00 bits per heavy atom. The first-order chi connectivity index (χ1) is 19.6. The zero-order chi connectivity index (χ0) is 27.1. The zero-order valence-corrected chi connectivity index (χ0v) is 21.4. The fraction of sp³-hybridized carbons (Fsp3) is 0.269. The molecular weight excluding hydrogens is 517 g/mol. The molecule has 1 fully saturated rings. The summed E-state index contributed by atoms with van der Waals surface area (Å²) in [4.78, 5) is 13.6. The number of fused-ring (bicyclic) bond motifs is 3. The van der Waals surface area contributed by atoms with Crippen LogP contribution in [0.1, 0.15) is 5.69 Å². The number of nitrogens with one attached hydrogen (secondary N) is 1. The number of nitrogen functional groups attached to an aromatic ring is 1. The van der Waals surface area contributed by atoms with E-state index in [0.717, 1.165) is 43.8 Å². The van der Waals surface area contributed by atoms with Crippen molar-refractivity contribution < 1.29 is 13.5 Å². The summed E-state index contributed by atoms with van der Waals surface area (Å²) in [7, 11) is 0. The number of ether oxygens (including phenoxy) is 1. The maximum Gasteiger partial charge on any atom is 0.223 e. The van der Waals surface area contributed by atoms with Gasteiger partial charge in [0.05, 0.1) is 24.5 Å². The molecule has 204 valence electrons. The fourth-order valence-corrected chi connectivity index (χ4v) is 5.01. The number of H-pyrrole nitrogens is 1. The lowest BCUT2D eigenvalue weighted by Gasteiger charge is -2.36. The zero-order valence-electron chi connectivity index (χ0n) is 21.4. The average Bonchev–Trinajstić information content (AvgIpc) is 3.78. The Labute approximate surface area is 227 Å². The predicted molar refractivity (Wildman–Crippen MR) is 144 cm³/mol. The number of hydrogen-bond donors (Lipinski definition) is 2. The van der Waals surface area contributed by atoms with Crippen LogP contribution in [0.5, 0.6) is 5.75 Å². The molecule has 0 bridgehead atoms. The van der Waals surface area contributed by atoms with Gasteiger partial charge in [0, 0.05) is 45.3 Å². The first-order valence-corrected chi connectivity index (χ1v) is 12.9. The van der Waals surface area contributed by atoms with E-state index in [9.17, 15) is 4.39 Å². The number of aromatic amines is 1. The quantitative estimate of drug-likeness (QED) is 0.294. The molecule has 3 N–H and O–H groups in total. The Bertz CT molecular complexity index is 1750. The van der Waals surface area contributed by atoms with E-state index in [1.807, 2.05) is 22.8 Å². The third kappa shape index (κ3) is 4.47. The summed E-state index contributed by atoms with van der Waals surface area (Å²) in [5.74, 6) is 1.09. The van der Waals surface area contributed by atoms with Crippen molar-refractivity contribution in [2.24, 2.45) is 0 Å². The van der Waals surface area contributed by atoms with Crippen molar-refractivity contribution in [3.05, 3.63) is 66.7 Å². The molecule has 6 aromatic rings. The summed E-state index contributed by atoms with van der Waals surface area (Å²) < 4.78 is 29.6. The molecule has 14 heteroatoms. The summed E-state index contributed by atoms with van der Waals surface area (Å²) in [6, 6.07) is 10.5. The summed E-state index contributed by atoms with van der Waals surface area (Å²) in [6.45, 7) is 4.79. The van der Waals surface area contributed by atoms with Crippen LogP contribution in [0.4, 0.5) is 16.0 Å². The SMILES string of the molecule is Nc1nc2c(ncn2CCN2CCN(c3ccc(OCc4cn[nH]n4)cc3F)CC2)c2cc(-c3ccco3)nn12. The molecule has 0 saturated carbocycles. The minimum atomic E-state index is -0.305. The van der Waals surface area contributed by atoms with E-state index in [-0.39, 0.29) is 18.4 Å². The molecule has 1 aliphatic rings. The van der Waals surface area contributed by atoms with Gasteiger partial charge >= 0.3 is 0 Å². The van der Waals surface area contributed by atoms with E-state index < -0.39 is 0 Å². The van der Waals surface area contributed by atoms with Crippen molar-refractivity contribution in [1.82, 2.24) is 44.5 Å². The van der Waals surface area contributed by atoms with Crippen molar-refractivity contribution in [3.8, 4) is 17.2 Å². The Morgan fingerprint density at radius 3 is 2.77 bits per heavy atom. The summed E-state index contributed by atoms with van der Waals surface area (Å²) in [5.41, 5.74) is 10.4. The van der Waals surface area contributed by atoms with Crippen molar-refractivity contribution in [2.75, 3.05) is 43.4 Å². The predicted octanol–water partition coefficient (Wildman–Crippen LogP) is 2.58. The van der Waals surface area contributed by atoms with E-state index >= 15 is 0 Å². The Kier molecular flexibility index (Phi) is 6.00. The van der Waals surface area contributed by atoms with Crippen LogP contribution >= 0.6 is 0 Å². The van der Waals surface area contributed by atoms with Crippen LogP contribution in [0.15, 0.2) is 59.6 Å². The largest absolute Gasteiger partial charge is 0.487 e. The molecule has 7 rings (SSSR count). The maximum atomic E-state index is 14.9. The van der Waals surface area contributed by atoms with Gasteiger partial charge in [-0.15, -0.1) is 0 Å². The van der Waals surface area contributed by atoms with E-state index in [1.54, 1.807) is 35.4 Å². The Balaban J connectivity index is 0.984. The highest BCUT2D eigenvalue weighted by Crippen LogP contribution is 2.27. The van der Waals surface area contributed by atoms with Gasteiger partial charge in [-0.2, -0.15) is 30.0 Å². The summed E-state index contributed by atoms with van der Waals surface area (Å²) in [5, 5.41) is 14.7. The average molecular weight is 544 g/mol. The lowest BCUT2D eigenvalue weighted by Crippen LogP contribution is -2.47. The lowest BCUT2D eigenvalue weighted by atomic mass is 10.2. The molecule has 1 aromatic carbocycles. The molecular formula is C26H26FN11O2. The van der Waals surface area contributed by atoms with E-state index in [2.05, 4.69) is 40.3 Å². The number of halogens is 1. The number of rotatable bonds is 8. The van der Waals surface area contributed by atoms with Crippen LogP contribution in [0.3, 0.4) is 0 Å². The van der Waals surface area contributed by atoms with Gasteiger partial charge in [-0.1, -0.05) is 0 Å². The summed E-state index contributed by atoms with van der Waals surface area (Å²) in [6.07, 6.45) is 4.97. The normalized spacial score (nSPS) is 14.5. The number of anilines is 2. The van der Waals surface area contributed by atoms with Crippen LogP contribution in [0.2, 0.25) is 0 Å². The second-order valence-electron chi connectivity index (χ2n) is 9.58. The molecule has 1 aliphatic heterocycles. The number of piperazine rings is 1. The van der Waals surface area contributed by atoms with Crippen molar-refractivity contribution in [3.63, 3.8) is 0 Å². The summed E-state index contributed by atoms with van der Waals surface area (Å²) >= 11 is 0. The number of imidazole rings is 1. The standard InChI is InChI=1S/C26H26FN11O2/c27-19-12-18(40-15-17-14-30-34-32-17)3-4-21(19)36-8-5-35(6-9-36)7-10-37-16-29-24-22-13-20(23-2-1-11-39-23)33-38(22)26(28)31-25(24)37/h1-4,11-14,16H,5-10,15H2,(H2,28,31)(H,30,32,34). The second-order valence-corrected chi connectivity index (χ2v) is 9.58. The Morgan fingerprint density at radius 1 is 1.10 bits per heavy atom. The van der Waals surface area contributed by atoms with Crippen LogP contribution in [-0.4, -0.2) is 77.2 Å². The first-order valence-electron chi connectivity index (χ1n) is 12.9. The molecule has 6 heterocycles. The lowest BCUT2D eigenvalue weighted by molar-refractivity contribution is 0.248. The van der Waals surface area contributed by atoms with Gasteiger partial charge in [-0.3, -0.25) is 4.90 Å². The molecule has 0 spiro atoms. The number of furan rings is 1. The molecule has 5 aromatic heterocycles. The second kappa shape index (κ2) is 9.96. The van der Waals surface area contributed by atoms with Gasteiger partial charge in [0.15, 0.2) is 11.4 Å². The molecule has 0 aliphatic carbocycles. The van der Waals surface area contributed by atoms with Gasteiger partial charge in [0.1, 0.15) is 40.6 Å². The number of aromatic nitrogens is 8. The molecule has 13 nitrogen and oxygen atoms in total. The van der Waals surface area contributed by atoms with Gasteiger partial charge in [0.2, 0.25) is 5.95 Å². The third-order valence-corrected chi connectivity index (χ3v) is 7.11. The first kappa shape index (κ1) is 24.1. The van der Waals surface area contributed by atoms with E-state index in [0.29, 0.717) is 40.8 Å². The topological polar surface area (TPSA) is 144 Å². The van der Waals surface area contributed by atoms with Gasteiger partial charge in [0.25, 0.3) is 0 Å². The van der Waals surface area contributed by atoms with Crippen LogP contribution < -0.4 is 15.4 Å². The molecule has 0 radical (unpaired) electrons. The van der Waals surface area contributed by atoms with E-state index in [1.165, 1.54) is 6.07 Å². The van der Waals surface area contributed by atoms with Gasteiger partial charge < -0.3 is 24.4 Å². The highest BCUT2D eigenvalue weighted by atomic mass is 19.1. The molecule has 0 amide bonds. The van der Waals surface area contributed by atoms with Crippen LogP contribution in [0.25, 0.3) is 28.1 Å². The van der Waals surface area contributed by atoms with Crippen molar-refractivity contribution >= 4 is 28.3 Å². The minimum absolute atomic E-state index is 0.224. The highest BCUT2D eigenvalue weighted by molar-refractivity contribution is 5.90. The Hall–Kier alpha value is -4.98. The van der Waals surface area contributed by atoms with Gasteiger partial charge in [-0.25, -0.2) is 9.37 Å². The molecule has 0 atom stereocenters. The van der Waals surface area contributed by atoms with Crippen molar-refractivity contribution in [1.29, 1.82) is 0 Å². The fourth-order valence-electron chi connectivity index (χ4n) is 5.01. The van der Waals surface area contributed by atoms with Gasteiger partial charge in [-0.05, 0) is 30.3 Å². The molecule has 40 heavy (non-hydrogen) atoms. The minimum Gasteiger partial charge on any atom is -0.487 e. The monoisotopic (exact) mass is 543 g/mol. The third-order valence-electron chi connectivity index (χ3n) is 7.11. The number of nitrogens with zero attached hydrogens (tertiary/aromatic N) is 9. The molecule has 0 unspecified atom stereocenters.